The first-order valence-corrected chi connectivity index (χ1v) is 7.62. The topological polar surface area (TPSA) is 70.1 Å². The zero-order chi connectivity index (χ0) is 14.8. The van der Waals surface area contributed by atoms with E-state index in [9.17, 15) is 0 Å². The molecule has 0 aliphatic heterocycles. The quantitative estimate of drug-likeness (QED) is 0.575. The normalized spacial score (nSPS) is 10.6. The summed E-state index contributed by atoms with van der Waals surface area (Å²) in [5.74, 6) is 2.74. The number of aromatic nitrogens is 2. The molecule has 1 aromatic rings. The number of aliphatic hydroxyl groups excluding tert-OH is 1. The number of anilines is 2. The van der Waals surface area contributed by atoms with E-state index in [0.29, 0.717) is 6.61 Å². The van der Waals surface area contributed by atoms with Crippen molar-refractivity contribution in [2.45, 2.75) is 52.4 Å². The molecule has 0 saturated heterocycles. The lowest BCUT2D eigenvalue weighted by Gasteiger charge is -2.13. The molecular weight excluding hydrogens is 252 g/mol. The van der Waals surface area contributed by atoms with Gasteiger partial charge in [0.15, 0.2) is 0 Å². The van der Waals surface area contributed by atoms with Crippen LogP contribution >= 0.6 is 0 Å². The van der Waals surface area contributed by atoms with Crippen LogP contribution in [-0.4, -0.2) is 35.3 Å². The van der Waals surface area contributed by atoms with Crippen LogP contribution in [0, 0.1) is 6.92 Å². The van der Waals surface area contributed by atoms with Crippen molar-refractivity contribution < 1.29 is 5.11 Å². The fourth-order valence-electron chi connectivity index (χ4n) is 2.11. The molecule has 3 N–H and O–H groups in total. The zero-order valence-corrected chi connectivity index (χ0v) is 13.0. The highest BCUT2D eigenvalue weighted by molar-refractivity contribution is 5.56. The van der Waals surface area contributed by atoms with Gasteiger partial charge in [0.25, 0.3) is 0 Å². The smallest absolute Gasteiger partial charge is 0.134 e. The summed E-state index contributed by atoms with van der Waals surface area (Å²) in [6, 6.07) is 0. The summed E-state index contributed by atoms with van der Waals surface area (Å²) in [5, 5.41) is 15.3. The SMILES string of the molecule is CCCc1nc(NC)c(C)c(NCCCCCCO)n1. The van der Waals surface area contributed by atoms with E-state index in [-0.39, 0.29) is 0 Å². The van der Waals surface area contributed by atoms with E-state index in [2.05, 4.69) is 27.5 Å². The summed E-state index contributed by atoms with van der Waals surface area (Å²) in [5.41, 5.74) is 1.07. The van der Waals surface area contributed by atoms with E-state index in [0.717, 1.165) is 68.1 Å². The molecule has 0 saturated carbocycles. The molecule has 0 bridgehead atoms. The molecule has 1 heterocycles. The Hall–Kier alpha value is -1.36. The fourth-order valence-corrected chi connectivity index (χ4v) is 2.11. The largest absolute Gasteiger partial charge is 0.396 e. The third-order valence-corrected chi connectivity index (χ3v) is 3.28. The molecule has 0 spiro atoms. The van der Waals surface area contributed by atoms with Gasteiger partial charge < -0.3 is 15.7 Å². The summed E-state index contributed by atoms with van der Waals surface area (Å²) in [4.78, 5) is 9.12. The number of aliphatic hydroxyl groups is 1. The van der Waals surface area contributed by atoms with Crippen LogP contribution in [0.5, 0.6) is 0 Å². The van der Waals surface area contributed by atoms with Crippen LogP contribution in [0.25, 0.3) is 0 Å². The summed E-state index contributed by atoms with van der Waals surface area (Å²) in [6.45, 7) is 5.38. The first-order valence-electron chi connectivity index (χ1n) is 7.62. The Morgan fingerprint density at radius 1 is 1.05 bits per heavy atom. The van der Waals surface area contributed by atoms with Crippen LogP contribution in [0.1, 0.15) is 50.4 Å². The Labute approximate surface area is 122 Å². The molecule has 0 fully saturated rings. The van der Waals surface area contributed by atoms with Crippen LogP contribution in [0.15, 0.2) is 0 Å². The van der Waals surface area contributed by atoms with Crippen molar-refractivity contribution in [2.24, 2.45) is 0 Å². The third-order valence-electron chi connectivity index (χ3n) is 3.28. The van der Waals surface area contributed by atoms with Crippen LogP contribution < -0.4 is 10.6 Å². The molecule has 0 aromatic carbocycles. The second-order valence-electron chi connectivity index (χ2n) is 5.03. The van der Waals surface area contributed by atoms with Gasteiger partial charge in [-0.2, -0.15) is 0 Å². The Balaban J connectivity index is 2.56. The molecule has 5 heteroatoms. The molecular formula is C15H28N4O. The molecule has 0 atom stereocenters. The maximum absolute atomic E-state index is 8.74. The lowest BCUT2D eigenvalue weighted by Crippen LogP contribution is -2.10. The number of aryl methyl sites for hydroxylation is 1. The summed E-state index contributed by atoms with van der Waals surface area (Å²) >= 11 is 0. The zero-order valence-electron chi connectivity index (χ0n) is 13.0. The monoisotopic (exact) mass is 280 g/mol. The Morgan fingerprint density at radius 3 is 2.40 bits per heavy atom. The summed E-state index contributed by atoms with van der Waals surface area (Å²) in [6.07, 6.45) is 6.17. The van der Waals surface area contributed by atoms with Crippen molar-refractivity contribution in [3.05, 3.63) is 11.4 Å². The number of hydrogen-bond donors (Lipinski definition) is 3. The number of nitrogens with one attached hydrogen (secondary N) is 2. The van der Waals surface area contributed by atoms with Gasteiger partial charge in [-0.25, -0.2) is 9.97 Å². The minimum Gasteiger partial charge on any atom is -0.396 e. The van der Waals surface area contributed by atoms with Crippen molar-refractivity contribution in [3.63, 3.8) is 0 Å². The minimum atomic E-state index is 0.296. The molecule has 5 nitrogen and oxygen atoms in total. The van der Waals surface area contributed by atoms with E-state index in [1.54, 1.807) is 0 Å². The van der Waals surface area contributed by atoms with Gasteiger partial charge in [-0.05, 0) is 26.2 Å². The van der Waals surface area contributed by atoms with Gasteiger partial charge in [-0.3, -0.25) is 0 Å². The molecule has 1 rings (SSSR count). The van der Waals surface area contributed by atoms with Gasteiger partial charge in [0.05, 0.1) is 0 Å². The Bertz CT molecular complexity index is 396. The fraction of sp³-hybridized carbons (Fsp3) is 0.733. The van der Waals surface area contributed by atoms with Gasteiger partial charge in [0.1, 0.15) is 17.5 Å². The van der Waals surface area contributed by atoms with Crippen molar-refractivity contribution in [2.75, 3.05) is 30.8 Å². The molecule has 114 valence electrons. The highest BCUT2D eigenvalue weighted by Gasteiger charge is 2.09. The average Bonchev–Trinajstić information content (AvgIpc) is 2.45. The van der Waals surface area contributed by atoms with E-state index >= 15 is 0 Å². The highest BCUT2D eigenvalue weighted by Crippen LogP contribution is 2.20. The summed E-state index contributed by atoms with van der Waals surface area (Å²) < 4.78 is 0. The predicted molar refractivity (Wildman–Crippen MR) is 84.4 cm³/mol. The first-order chi connectivity index (χ1) is 9.72. The molecule has 20 heavy (non-hydrogen) atoms. The van der Waals surface area contributed by atoms with Crippen molar-refractivity contribution in [3.8, 4) is 0 Å². The molecule has 0 radical (unpaired) electrons. The number of rotatable bonds is 10. The van der Waals surface area contributed by atoms with Crippen molar-refractivity contribution in [1.29, 1.82) is 0 Å². The molecule has 0 aliphatic rings. The Kier molecular flexibility index (Phi) is 7.95. The van der Waals surface area contributed by atoms with Crippen molar-refractivity contribution >= 4 is 11.6 Å². The number of hydrogen-bond acceptors (Lipinski definition) is 5. The third kappa shape index (κ3) is 5.33. The molecule has 1 aromatic heterocycles. The van der Waals surface area contributed by atoms with Gasteiger partial charge in [0.2, 0.25) is 0 Å². The van der Waals surface area contributed by atoms with Crippen LogP contribution in [0.2, 0.25) is 0 Å². The average molecular weight is 280 g/mol. The van der Waals surface area contributed by atoms with E-state index < -0.39 is 0 Å². The number of unbranched alkanes of at least 4 members (excludes halogenated alkanes) is 3. The molecule has 0 unspecified atom stereocenters. The maximum Gasteiger partial charge on any atom is 0.134 e. The lowest BCUT2D eigenvalue weighted by molar-refractivity contribution is 0.283. The number of nitrogens with zero attached hydrogens (tertiary/aromatic N) is 2. The lowest BCUT2D eigenvalue weighted by atomic mass is 10.2. The first kappa shape index (κ1) is 16.7. The van der Waals surface area contributed by atoms with E-state index in [1.165, 1.54) is 0 Å². The standard InChI is InChI=1S/C15H28N4O/c1-4-9-13-18-14(16-3)12(2)15(19-13)17-10-7-5-6-8-11-20/h20H,4-11H2,1-3H3,(H2,16,17,18,19). The van der Waals surface area contributed by atoms with Crippen LogP contribution in [-0.2, 0) is 6.42 Å². The second kappa shape index (κ2) is 9.53. The van der Waals surface area contributed by atoms with Crippen LogP contribution in [0.3, 0.4) is 0 Å². The molecule has 0 amide bonds. The van der Waals surface area contributed by atoms with Crippen LogP contribution in [0.4, 0.5) is 11.6 Å². The van der Waals surface area contributed by atoms with Gasteiger partial charge in [-0.15, -0.1) is 0 Å². The van der Waals surface area contributed by atoms with Gasteiger partial charge in [0, 0.05) is 32.2 Å². The minimum absolute atomic E-state index is 0.296. The maximum atomic E-state index is 8.74. The van der Waals surface area contributed by atoms with E-state index in [1.807, 2.05) is 14.0 Å². The predicted octanol–water partition coefficient (Wildman–Crippen LogP) is 2.74. The van der Waals surface area contributed by atoms with Crippen molar-refractivity contribution in [1.82, 2.24) is 9.97 Å². The Morgan fingerprint density at radius 2 is 1.75 bits per heavy atom. The summed E-state index contributed by atoms with van der Waals surface area (Å²) in [7, 11) is 1.89. The van der Waals surface area contributed by atoms with Gasteiger partial charge in [-0.1, -0.05) is 19.8 Å². The highest BCUT2D eigenvalue weighted by atomic mass is 16.2. The van der Waals surface area contributed by atoms with Gasteiger partial charge >= 0.3 is 0 Å². The van der Waals surface area contributed by atoms with E-state index in [4.69, 9.17) is 5.11 Å². The molecule has 0 aliphatic carbocycles. The second-order valence-corrected chi connectivity index (χ2v) is 5.03.